The Labute approximate surface area is 111 Å². The fourth-order valence-corrected chi connectivity index (χ4v) is 2.01. The van der Waals surface area contributed by atoms with E-state index in [-0.39, 0.29) is 11.7 Å². The van der Waals surface area contributed by atoms with Crippen LogP contribution in [0.5, 0.6) is 0 Å². The van der Waals surface area contributed by atoms with Crippen molar-refractivity contribution in [3.63, 3.8) is 0 Å². The maximum atomic E-state index is 12.7. The van der Waals surface area contributed by atoms with Gasteiger partial charge >= 0.3 is 0 Å². The molecule has 0 aliphatic rings. The lowest BCUT2D eigenvalue weighted by molar-refractivity contribution is -0.118. The number of hydrogen-bond donors (Lipinski definition) is 2. The third kappa shape index (κ3) is 6.02. The molecule has 0 aliphatic carbocycles. The molecule has 100 valence electrons. The van der Waals surface area contributed by atoms with Gasteiger partial charge in [-0.3, -0.25) is 4.79 Å². The molecule has 1 unspecified atom stereocenters. The van der Waals surface area contributed by atoms with Crippen LogP contribution in [0.2, 0.25) is 0 Å². The predicted molar refractivity (Wildman–Crippen MR) is 74.1 cm³/mol. The van der Waals surface area contributed by atoms with Gasteiger partial charge < -0.3 is 11.1 Å². The average molecular weight is 270 g/mol. The molecule has 0 aliphatic heterocycles. The van der Waals surface area contributed by atoms with Crippen LogP contribution in [0.25, 0.3) is 0 Å². The smallest absolute Gasteiger partial charge is 0.230 e. The summed E-state index contributed by atoms with van der Waals surface area (Å²) in [7, 11) is 0. The lowest BCUT2D eigenvalue weighted by Crippen LogP contribution is -2.28. The van der Waals surface area contributed by atoms with E-state index in [9.17, 15) is 9.18 Å². The predicted octanol–water partition coefficient (Wildman–Crippen LogP) is 1.56. The monoisotopic (exact) mass is 270 g/mol. The molecule has 1 rings (SSSR count). The van der Waals surface area contributed by atoms with Crippen molar-refractivity contribution in [3.8, 4) is 0 Å². The fraction of sp³-hybridized carbons (Fsp3) is 0.462. The molecule has 3 nitrogen and oxygen atoms in total. The van der Waals surface area contributed by atoms with Gasteiger partial charge in [0.2, 0.25) is 5.91 Å². The molecular formula is C13H19FN2OS. The first-order chi connectivity index (χ1) is 8.61. The van der Waals surface area contributed by atoms with Crippen LogP contribution in [0.4, 0.5) is 4.39 Å². The van der Waals surface area contributed by atoms with Gasteiger partial charge in [-0.1, -0.05) is 19.1 Å². The van der Waals surface area contributed by atoms with E-state index in [4.69, 9.17) is 5.73 Å². The highest BCUT2D eigenvalue weighted by Gasteiger charge is 2.05. The summed E-state index contributed by atoms with van der Waals surface area (Å²) in [6.45, 7) is 3.14. The molecule has 0 heterocycles. The van der Waals surface area contributed by atoms with Crippen LogP contribution in [0.3, 0.4) is 0 Å². The Kier molecular flexibility index (Phi) is 6.75. The summed E-state index contributed by atoms with van der Waals surface area (Å²) in [5.74, 6) is 0.208. The van der Waals surface area contributed by atoms with E-state index in [0.29, 0.717) is 30.5 Å². The Hall–Kier alpha value is -1.07. The van der Waals surface area contributed by atoms with E-state index >= 15 is 0 Å². The van der Waals surface area contributed by atoms with Crippen LogP contribution >= 0.6 is 11.8 Å². The molecule has 18 heavy (non-hydrogen) atoms. The number of amides is 1. The Bertz CT molecular complexity index is 370. The maximum Gasteiger partial charge on any atom is 0.230 e. The van der Waals surface area contributed by atoms with Crippen molar-refractivity contribution in [1.29, 1.82) is 0 Å². The number of thioether (sulfide) groups is 1. The van der Waals surface area contributed by atoms with Gasteiger partial charge in [-0.15, -0.1) is 11.8 Å². The minimum absolute atomic E-state index is 0.0161. The summed E-state index contributed by atoms with van der Waals surface area (Å²) >= 11 is 1.55. The molecule has 1 aromatic rings. The molecule has 0 aromatic heterocycles. The first-order valence-electron chi connectivity index (χ1n) is 5.94. The van der Waals surface area contributed by atoms with E-state index in [1.54, 1.807) is 23.9 Å². The summed E-state index contributed by atoms with van der Waals surface area (Å²) in [5.41, 5.74) is 6.48. The van der Waals surface area contributed by atoms with Crippen LogP contribution in [0.1, 0.15) is 12.5 Å². The van der Waals surface area contributed by atoms with E-state index in [1.807, 2.05) is 6.92 Å². The second-order valence-corrected chi connectivity index (χ2v) is 5.51. The van der Waals surface area contributed by atoms with Crippen LogP contribution in [-0.4, -0.2) is 30.0 Å². The van der Waals surface area contributed by atoms with Crippen LogP contribution in [0.15, 0.2) is 24.3 Å². The van der Waals surface area contributed by atoms with Crippen molar-refractivity contribution < 1.29 is 9.18 Å². The summed E-state index contributed by atoms with van der Waals surface area (Å²) in [6.07, 6.45) is 0.711. The molecule has 1 aromatic carbocycles. The van der Waals surface area contributed by atoms with Gasteiger partial charge in [0.05, 0.1) is 5.75 Å². The van der Waals surface area contributed by atoms with Gasteiger partial charge in [-0.2, -0.15) is 0 Å². The van der Waals surface area contributed by atoms with Gasteiger partial charge in [-0.05, 0) is 24.1 Å². The van der Waals surface area contributed by atoms with E-state index in [1.165, 1.54) is 12.1 Å². The number of rotatable bonds is 7. The SMILES string of the molecule is CC(CN)SCC(=O)NCCc1ccc(F)cc1. The van der Waals surface area contributed by atoms with E-state index in [2.05, 4.69) is 5.32 Å². The zero-order chi connectivity index (χ0) is 13.4. The Morgan fingerprint density at radius 2 is 2.11 bits per heavy atom. The fourth-order valence-electron chi connectivity index (χ4n) is 1.33. The summed E-state index contributed by atoms with van der Waals surface area (Å²) < 4.78 is 12.7. The van der Waals surface area contributed by atoms with Crippen molar-refractivity contribution in [2.75, 3.05) is 18.8 Å². The van der Waals surface area contributed by atoms with Crippen molar-refractivity contribution >= 4 is 17.7 Å². The van der Waals surface area contributed by atoms with Gasteiger partial charge in [0.25, 0.3) is 0 Å². The van der Waals surface area contributed by atoms with Crippen molar-refractivity contribution in [2.24, 2.45) is 5.73 Å². The van der Waals surface area contributed by atoms with Crippen LogP contribution < -0.4 is 11.1 Å². The highest BCUT2D eigenvalue weighted by molar-refractivity contribution is 8.00. The number of benzene rings is 1. The van der Waals surface area contributed by atoms with Crippen molar-refractivity contribution in [1.82, 2.24) is 5.32 Å². The topological polar surface area (TPSA) is 55.1 Å². The van der Waals surface area contributed by atoms with Crippen molar-refractivity contribution in [3.05, 3.63) is 35.6 Å². The Morgan fingerprint density at radius 1 is 1.44 bits per heavy atom. The van der Waals surface area contributed by atoms with Crippen LogP contribution in [0, 0.1) is 5.82 Å². The first kappa shape index (κ1) is 15.0. The molecule has 3 N–H and O–H groups in total. The van der Waals surface area contributed by atoms with Crippen molar-refractivity contribution in [2.45, 2.75) is 18.6 Å². The zero-order valence-electron chi connectivity index (χ0n) is 10.5. The minimum atomic E-state index is -0.241. The summed E-state index contributed by atoms with van der Waals surface area (Å²) in [4.78, 5) is 11.5. The summed E-state index contributed by atoms with van der Waals surface area (Å²) in [5, 5.41) is 3.13. The Balaban J connectivity index is 2.17. The lowest BCUT2D eigenvalue weighted by atomic mass is 10.1. The highest BCUT2D eigenvalue weighted by Crippen LogP contribution is 2.07. The number of carbonyl (C=O) groups excluding carboxylic acids is 1. The van der Waals surface area contributed by atoms with Gasteiger partial charge in [0.1, 0.15) is 5.82 Å². The quantitative estimate of drug-likeness (QED) is 0.790. The normalized spacial score (nSPS) is 12.2. The standard InChI is InChI=1S/C13H19FN2OS/c1-10(8-15)18-9-13(17)16-7-6-11-2-4-12(14)5-3-11/h2-5,10H,6-9,15H2,1H3,(H,16,17). The Morgan fingerprint density at radius 3 is 2.72 bits per heavy atom. The average Bonchev–Trinajstić information content (AvgIpc) is 2.38. The molecule has 0 saturated heterocycles. The second-order valence-electron chi connectivity index (χ2n) is 4.08. The molecular weight excluding hydrogens is 251 g/mol. The number of carbonyl (C=O) groups is 1. The molecule has 0 spiro atoms. The van der Waals surface area contributed by atoms with Crippen LogP contribution in [-0.2, 0) is 11.2 Å². The molecule has 0 fully saturated rings. The molecule has 1 atom stereocenters. The molecule has 0 bridgehead atoms. The van der Waals surface area contributed by atoms with Gasteiger partial charge in [-0.25, -0.2) is 4.39 Å². The highest BCUT2D eigenvalue weighted by atomic mass is 32.2. The molecule has 0 radical (unpaired) electrons. The number of hydrogen-bond acceptors (Lipinski definition) is 3. The zero-order valence-corrected chi connectivity index (χ0v) is 11.3. The first-order valence-corrected chi connectivity index (χ1v) is 6.99. The minimum Gasteiger partial charge on any atom is -0.355 e. The van der Waals surface area contributed by atoms with E-state index < -0.39 is 0 Å². The lowest BCUT2D eigenvalue weighted by Gasteiger charge is -2.08. The largest absolute Gasteiger partial charge is 0.355 e. The molecule has 5 heteroatoms. The third-order valence-corrected chi connectivity index (χ3v) is 3.67. The second kappa shape index (κ2) is 8.11. The van der Waals surface area contributed by atoms with E-state index in [0.717, 1.165) is 5.56 Å². The molecule has 0 saturated carbocycles. The molecule has 1 amide bonds. The number of halogens is 1. The number of nitrogens with one attached hydrogen (secondary N) is 1. The third-order valence-electron chi connectivity index (χ3n) is 2.48. The van der Waals surface area contributed by atoms with Gasteiger partial charge in [0, 0.05) is 18.3 Å². The number of nitrogens with two attached hydrogens (primary N) is 1. The summed E-state index contributed by atoms with van der Waals surface area (Å²) in [6, 6.07) is 6.31. The van der Waals surface area contributed by atoms with Gasteiger partial charge in [0.15, 0.2) is 0 Å². The maximum absolute atomic E-state index is 12.7.